The minimum absolute atomic E-state index is 0.0328. The fraction of sp³-hybridized carbons (Fsp3) is 0.350. The SMILES string of the molecule is Cc1[nH]c(SCc2ccc(S(=O)(=O)N3CCCC3)o2)nc1Cc1ccccc1. The Balaban J connectivity index is 1.40. The molecule has 2 aromatic heterocycles. The van der Waals surface area contributed by atoms with Crippen molar-refractivity contribution in [3.05, 3.63) is 65.2 Å². The molecule has 4 rings (SSSR count). The lowest BCUT2D eigenvalue weighted by Gasteiger charge is -2.12. The molecule has 1 aliphatic heterocycles. The molecule has 6 nitrogen and oxygen atoms in total. The van der Waals surface area contributed by atoms with Crippen molar-refractivity contribution in [2.24, 2.45) is 0 Å². The fourth-order valence-electron chi connectivity index (χ4n) is 3.27. The van der Waals surface area contributed by atoms with Crippen LogP contribution in [0, 0.1) is 6.92 Å². The van der Waals surface area contributed by atoms with Gasteiger partial charge in [-0.2, -0.15) is 4.31 Å². The number of aromatic nitrogens is 2. The van der Waals surface area contributed by atoms with E-state index in [2.05, 4.69) is 22.1 Å². The summed E-state index contributed by atoms with van der Waals surface area (Å²) >= 11 is 1.51. The van der Waals surface area contributed by atoms with Crippen molar-refractivity contribution < 1.29 is 12.8 Å². The van der Waals surface area contributed by atoms with Crippen LogP contribution in [0.3, 0.4) is 0 Å². The maximum absolute atomic E-state index is 12.6. The zero-order valence-corrected chi connectivity index (χ0v) is 17.4. The third kappa shape index (κ3) is 4.19. The quantitative estimate of drug-likeness (QED) is 0.588. The second-order valence-corrected chi connectivity index (χ2v) is 9.73. The van der Waals surface area contributed by atoms with Crippen LogP contribution in [0.5, 0.6) is 0 Å². The molecule has 0 aliphatic carbocycles. The molecule has 0 bridgehead atoms. The van der Waals surface area contributed by atoms with Crippen molar-refractivity contribution in [2.75, 3.05) is 13.1 Å². The first-order valence-corrected chi connectivity index (χ1v) is 11.8. The molecule has 1 aromatic carbocycles. The van der Waals surface area contributed by atoms with Crippen LogP contribution in [0.25, 0.3) is 0 Å². The van der Waals surface area contributed by atoms with Gasteiger partial charge in [-0.05, 0) is 37.5 Å². The minimum Gasteiger partial charge on any atom is -0.447 e. The number of hydrogen-bond donors (Lipinski definition) is 1. The number of rotatable bonds is 7. The van der Waals surface area contributed by atoms with Crippen molar-refractivity contribution in [1.29, 1.82) is 0 Å². The Kier molecular flexibility index (Phi) is 5.61. The smallest absolute Gasteiger partial charge is 0.276 e. The van der Waals surface area contributed by atoms with Crippen LogP contribution in [0.2, 0.25) is 0 Å². The molecular weight excluding hydrogens is 394 g/mol. The molecule has 8 heteroatoms. The highest BCUT2D eigenvalue weighted by Crippen LogP contribution is 2.27. The summed E-state index contributed by atoms with van der Waals surface area (Å²) in [6, 6.07) is 13.5. The van der Waals surface area contributed by atoms with Gasteiger partial charge in [-0.3, -0.25) is 0 Å². The number of benzene rings is 1. The van der Waals surface area contributed by atoms with Gasteiger partial charge in [0.1, 0.15) is 5.76 Å². The van der Waals surface area contributed by atoms with Crippen LogP contribution in [0.4, 0.5) is 0 Å². The van der Waals surface area contributed by atoms with Crippen LogP contribution in [-0.4, -0.2) is 35.8 Å². The topological polar surface area (TPSA) is 79.2 Å². The number of aromatic amines is 1. The molecule has 0 spiro atoms. The van der Waals surface area contributed by atoms with Gasteiger partial charge in [-0.25, -0.2) is 13.4 Å². The van der Waals surface area contributed by atoms with Gasteiger partial charge in [-0.1, -0.05) is 42.1 Å². The largest absolute Gasteiger partial charge is 0.447 e. The number of hydrogen-bond acceptors (Lipinski definition) is 5. The van der Waals surface area contributed by atoms with E-state index in [1.807, 2.05) is 25.1 Å². The Morgan fingerprint density at radius 1 is 1.14 bits per heavy atom. The Labute approximate surface area is 169 Å². The monoisotopic (exact) mass is 417 g/mol. The summed E-state index contributed by atoms with van der Waals surface area (Å²) < 4.78 is 32.2. The highest BCUT2D eigenvalue weighted by molar-refractivity contribution is 7.98. The molecule has 0 unspecified atom stereocenters. The average molecular weight is 418 g/mol. The lowest BCUT2D eigenvalue weighted by Crippen LogP contribution is -2.27. The number of sulfonamides is 1. The number of imidazole rings is 1. The molecule has 1 N–H and O–H groups in total. The van der Waals surface area contributed by atoms with Crippen LogP contribution in [0.1, 0.15) is 35.6 Å². The standard InChI is InChI=1S/C20H23N3O3S2/c1-15-18(13-16-7-3-2-4-8-16)22-20(21-15)27-14-17-9-10-19(26-17)28(24,25)23-11-5-6-12-23/h2-4,7-10H,5-6,11-14H2,1H3,(H,21,22). The van der Waals surface area contributed by atoms with Gasteiger partial charge in [-0.15, -0.1) is 0 Å². The number of thioether (sulfide) groups is 1. The summed E-state index contributed by atoms with van der Waals surface area (Å²) in [5.41, 5.74) is 3.28. The summed E-state index contributed by atoms with van der Waals surface area (Å²) in [6.45, 7) is 3.16. The predicted molar refractivity (Wildman–Crippen MR) is 109 cm³/mol. The highest BCUT2D eigenvalue weighted by atomic mass is 32.2. The van der Waals surface area contributed by atoms with Crippen LogP contribution in [-0.2, 0) is 22.2 Å². The normalized spacial score (nSPS) is 15.3. The Hall–Kier alpha value is -2.03. The van der Waals surface area contributed by atoms with E-state index in [-0.39, 0.29) is 5.09 Å². The lowest BCUT2D eigenvalue weighted by molar-refractivity contribution is 0.397. The van der Waals surface area contributed by atoms with E-state index in [4.69, 9.17) is 4.42 Å². The molecular formula is C20H23N3O3S2. The summed E-state index contributed by atoms with van der Waals surface area (Å²) in [7, 11) is -3.50. The summed E-state index contributed by atoms with van der Waals surface area (Å²) in [4.78, 5) is 7.98. The first-order valence-electron chi connectivity index (χ1n) is 9.33. The van der Waals surface area contributed by atoms with Gasteiger partial charge in [0.15, 0.2) is 5.16 Å². The van der Waals surface area contributed by atoms with Gasteiger partial charge < -0.3 is 9.40 Å². The van der Waals surface area contributed by atoms with Gasteiger partial charge in [0.05, 0.1) is 11.4 Å². The van der Waals surface area contributed by atoms with Gasteiger partial charge in [0, 0.05) is 25.2 Å². The predicted octanol–water partition coefficient (Wildman–Crippen LogP) is 3.98. The van der Waals surface area contributed by atoms with E-state index in [0.717, 1.165) is 35.8 Å². The number of H-pyrrole nitrogens is 1. The summed E-state index contributed by atoms with van der Waals surface area (Å²) in [5.74, 6) is 1.15. The van der Waals surface area contributed by atoms with Gasteiger partial charge >= 0.3 is 0 Å². The van der Waals surface area contributed by atoms with Gasteiger partial charge in [0.25, 0.3) is 10.0 Å². The third-order valence-corrected chi connectivity index (χ3v) is 7.49. The molecule has 0 radical (unpaired) electrons. The molecule has 0 saturated carbocycles. The fourth-order valence-corrected chi connectivity index (χ4v) is 5.55. The molecule has 1 fully saturated rings. The van der Waals surface area contributed by atoms with E-state index in [1.54, 1.807) is 12.1 Å². The maximum atomic E-state index is 12.6. The van der Waals surface area contributed by atoms with Gasteiger partial charge in [0.2, 0.25) is 5.09 Å². The summed E-state index contributed by atoms with van der Waals surface area (Å²) in [6.07, 6.45) is 2.60. The van der Waals surface area contributed by atoms with E-state index in [1.165, 1.54) is 21.6 Å². The zero-order valence-electron chi connectivity index (χ0n) is 15.7. The van der Waals surface area contributed by atoms with Crippen molar-refractivity contribution >= 4 is 21.8 Å². The molecule has 148 valence electrons. The number of nitrogens with zero attached hydrogens (tertiary/aromatic N) is 2. The third-order valence-electron chi connectivity index (χ3n) is 4.83. The second kappa shape index (κ2) is 8.14. The van der Waals surface area contributed by atoms with Crippen molar-refractivity contribution in [1.82, 2.24) is 14.3 Å². The van der Waals surface area contributed by atoms with E-state index < -0.39 is 10.0 Å². The molecule has 1 saturated heterocycles. The lowest BCUT2D eigenvalue weighted by atomic mass is 10.1. The van der Waals surface area contributed by atoms with Crippen LogP contribution in [0.15, 0.2) is 57.1 Å². The van der Waals surface area contributed by atoms with E-state index in [0.29, 0.717) is 24.6 Å². The van der Waals surface area contributed by atoms with E-state index in [9.17, 15) is 8.42 Å². The Morgan fingerprint density at radius 3 is 2.64 bits per heavy atom. The minimum atomic E-state index is -3.50. The summed E-state index contributed by atoms with van der Waals surface area (Å²) in [5, 5.41) is 0.842. The number of nitrogens with one attached hydrogen (secondary N) is 1. The highest BCUT2D eigenvalue weighted by Gasteiger charge is 2.29. The average Bonchev–Trinajstić information content (AvgIpc) is 3.43. The first kappa shape index (κ1) is 19.3. The maximum Gasteiger partial charge on any atom is 0.276 e. The Bertz CT molecular complexity index is 1040. The molecule has 3 heterocycles. The molecule has 28 heavy (non-hydrogen) atoms. The first-order chi connectivity index (χ1) is 13.5. The van der Waals surface area contributed by atoms with Crippen molar-refractivity contribution in [3.8, 4) is 0 Å². The molecule has 3 aromatic rings. The molecule has 1 aliphatic rings. The molecule has 0 amide bonds. The number of furan rings is 1. The Morgan fingerprint density at radius 2 is 1.89 bits per heavy atom. The van der Waals surface area contributed by atoms with Crippen LogP contribution < -0.4 is 0 Å². The van der Waals surface area contributed by atoms with Crippen molar-refractivity contribution in [2.45, 2.75) is 42.2 Å². The molecule has 0 atom stereocenters. The van der Waals surface area contributed by atoms with Crippen LogP contribution >= 0.6 is 11.8 Å². The number of aryl methyl sites for hydroxylation is 1. The zero-order chi connectivity index (χ0) is 19.6. The second-order valence-electron chi connectivity index (χ2n) is 6.90. The van der Waals surface area contributed by atoms with E-state index >= 15 is 0 Å². The van der Waals surface area contributed by atoms with Crippen molar-refractivity contribution in [3.63, 3.8) is 0 Å².